The van der Waals surface area contributed by atoms with E-state index in [0.29, 0.717) is 17.7 Å². The highest BCUT2D eigenvalue weighted by Crippen LogP contribution is 2.65. The Morgan fingerprint density at radius 1 is 0.825 bits per heavy atom. The molecule has 0 unspecified atom stereocenters. The van der Waals surface area contributed by atoms with Crippen LogP contribution in [0.15, 0.2) is 48.5 Å². The first-order chi connectivity index (χ1) is 18.7. The molecule has 210 valence electrons. The van der Waals surface area contributed by atoms with Gasteiger partial charge in [0.2, 0.25) is 5.91 Å². The maximum absolute atomic E-state index is 14.7. The van der Waals surface area contributed by atoms with Gasteiger partial charge in [0.1, 0.15) is 21.7 Å². The molecule has 4 rings (SSSR count). The Labute approximate surface area is 242 Å². The van der Waals surface area contributed by atoms with Crippen LogP contribution in [0.25, 0.3) is 0 Å². The lowest BCUT2D eigenvalue weighted by Crippen LogP contribution is -2.22. The van der Waals surface area contributed by atoms with Crippen molar-refractivity contribution in [1.29, 1.82) is 0 Å². The fourth-order valence-electron chi connectivity index (χ4n) is 3.90. The predicted octanol–water partition coefficient (Wildman–Crippen LogP) is 7.39. The molecule has 3 N–H and O–H groups in total. The lowest BCUT2D eigenvalue weighted by atomic mass is 10.1. The molecule has 3 aromatic rings. The zero-order valence-electron chi connectivity index (χ0n) is 19.5. The van der Waals surface area contributed by atoms with Gasteiger partial charge in [0, 0.05) is 11.6 Å². The summed E-state index contributed by atoms with van der Waals surface area (Å²) in [6.45, 7) is 0. The van der Waals surface area contributed by atoms with Crippen LogP contribution in [0.2, 0.25) is 10.0 Å². The molecule has 0 saturated heterocycles. The van der Waals surface area contributed by atoms with E-state index in [2.05, 4.69) is 5.32 Å². The van der Waals surface area contributed by atoms with Crippen LogP contribution in [-0.2, 0) is 9.59 Å². The minimum Gasteiger partial charge on any atom is -0.326 e. The van der Waals surface area contributed by atoms with Crippen molar-refractivity contribution < 1.29 is 36.3 Å². The van der Waals surface area contributed by atoms with Crippen molar-refractivity contribution in [2.45, 2.75) is 16.7 Å². The van der Waals surface area contributed by atoms with Gasteiger partial charge in [-0.2, -0.15) is 8.78 Å². The summed E-state index contributed by atoms with van der Waals surface area (Å²) in [4.78, 5) is 37.0. The van der Waals surface area contributed by atoms with Crippen molar-refractivity contribution in [2.24, 2.45) is 5.92 Å². The maximum atomic E-state index is 14.7. The molecular formula is C25H14Cl4F5N3O3. The summed E-state index contributed by atoms with van der Waals surface area (Å²) in [6, 6.07) is 8.77. The summed E-state index contributed by atoms with van der Waals surface area (Å²) in [6.07, 6.45) is -3.47. The SMILES string of the molecule is O=C(Nc1c(F)ccc(NC(=O)C(F)F)c1F)c1cc(NC(=O)[C@H]2[C@H](c3ccc(F)c(Cl)c3)C2(Cl)Cl)ccc1Cl. The molecule has 0 spiro atoms. The maximum Gasteiger partial charge on any atom is 0.315 e. The van der Waals surface area contributed by atoms with Gasteiger partial charge >= 0.3 is 6.43 Å². The Hall–Kier alpha value is -3.12. The van der Waals surface area contributed by atoms with Crippen LogP contribution >= 0.6 is 46.4 Å². The number of hydrogen-bond donors (Lipinski definition) is 3. The molecular weight excluding hydrogens is 627 g/mol. The summed E-state index contributed by atoms with van der Waals surface area (Å²) in [5.74, 6) is -8.82. The van der Waals surface area contributed by atoms with Crippen LogP contribution in [0, 0.1) is 23.4 Å². The fraction of sp³-hybridized carbons (Fsp3) is 0.160. The molecule has 0 bridgehead atoms. The molecule has 3 amide bonds. The van der Waals surface area contributed by atoms with E-state index < -0.39 is 69.1 Å². The van der Waals surface area contributed by atoms with Crippen molar-refractivity contribution in [3.63, 3.8) is 0 Å². The van der Waals surface area contributed by atoms with Crippen molar-refractivity contribution in [3.8, 4) is 0 Å². The van der Waals surface area contributed by atoms with Crippen molar-refractivity contribution in [3.05, 3.63) is 87.2 Å². The van der Waals surface area contributed by atoms with Gasteiger partial charge in [-0.1, -0.05) is 29.3 Å². The van der Waals surface area contributed by atoms with E-state index >= 15 is 0 Å². The number of anilines is 3. The molecule has 1 aliphatic carbocycles. The molecule has 0 radical (unpaired) electrons. The Morgan fingerprint density at radius 3 is 2.15 bits per heavy atom. The number of nitrogens with one attached hydrogen (secondary N) is 3. The predicted molar refractivity (Wildman–Crippen MR) is 141 cm³/mol. The van der Waals surface area contributed by atoms with E-state index in [4.69, 9.17) is 46.4 Å². The zero-order chi connectivity index (χ0) is 29.5. The third-order valence-corrected chi connectivity index (χ3v) is 7.46. The van der Waals surface area contributed by atoms with Crippen LogP contribution in [0.4, 0.5) is 39.0 Å². The van der Waals surface area contributed by atoms with Crippen LogP contribution in [0.1, 0.15) is 21.8 Å². The molecule has 0 aromatic heterocycles. The third kappa shape index (κ3) is 5.97. The molecule has 0 heterocycles. The molecule has 1 fully saturated rings. The van der Waals surface area contributed by atoms with E-state index in [1.807, 2.05) is 5.32 Å². The van der Waals surface area contributed by atoms with E-state index in [1.54, 1.807) is 5.32 Å². The standard InChI is InChI=1S/C25H14Cl4F5N3O3/c26-12-3-2-10(35-23(39)18-17(25(18,28)29)9-1-4-14(30)13(27)7-9)8-11(12)22(38)37-20-15(31)5-6-16(19(20)32)36-24(40)21(33)34/h1-8,17-18,21H,(H,35,39)(H,36,40)(H,37,38)/t17-,18+/m0/s1. The van der Waals surface area contributed by atoms with E-state index in [-0.39, 0.29) is 21.3 Å². The first-order valence-corrected chi connectivity index (χ1v) is 12.5. The molecule has 2 atom stereocenters. The van der Waals surface area contributed by atoms with E-state index in [1.165, 1.54) is 24.3 Å². The van der Waals surface area contributed by atoms with Gasteiger partial charge in [0.05, 0.1) is 27.2 Å². The van der Waals surface area contributed by atoms with Crippen LogP contribution in [-0.4, -0.2) is 28.5 Å². The Morgan fingerprint density at radius 2 is 1.50 bits per heavy atom. The van der Waals surface area contributed by atoms with Gasteiger partial charge in [0.25, 0.3) is 11.8 Å². The normalized spacial score (nSPS) is 17.4. The largest absolute Gasteiger partial charge is 0.326 e. The average molecular weight is 641 g/mol. The van der Waals surface area contributed by atoms with Gasteiger partial charge in [-0.15, -0.1) is 23.2 Å². The van der Waals surface area contributed by atoms with Gasteiger partial charge in [-0.05, 0) is 48.0 Å². The van der Waals surface area contributed by atoms with Crippen LogP contribution in [0.3, 0.4) is 0 Å². The molecule has 3 aromatic carbocycles. The molecule has 1 aliphatic rings. The average Bonchev–Trinajstić information content (AvgIpc) is 3.47. The number of benzene rings is 3. The van der Waals surface area contributed by atoms with E-state index in [9.17, 15) is 36.3 Å². The first-order valence-electron chi connectivity index (χ1n) is 11.0. The summed E-state index contributed by atoms with van der Waals surface area (Å²) in [5, 5.41) is 5.67. The van der Waals surface area contributed by atoms with Gasteiger partial charge in [-0.3, -0.25) is 14.4 Å². The molecule has 0 aliphatic heterocycles. The number of rotatable bonds is 7. The number of alkyl halides is 4. The molecule has 15 heteroatoms. The second kappa shape index (κ2) is 11.4. The minimum absolute atomic E-state index is 0.0327. The highest BCUT2D eigenvalue weighted by atomic mass is 35.5. The topological polar surface area (TPSA) is 87.3 Å². The van der Waals surface area contributed by atoms with Crippen molar-refractivity contribution >= 4 is 81.2 Å². The number of amides is 3. The second-order valence-corrected chi connectivity index (χ2v) is 10.8. The highest BCUT2D eigenvalue weighted by Gasteiger charge is 2.67. The summed E-state index contributed by atoms with van der Waals surface area (Å²) in [5.41, 5.74) is -1.73. The Balaban J connectivity index is 1.52. The summed E-state index contributed by atoms with van der Waals surface area (Å²) in [7, 11) is 0. The van der Waals surface area contributed by atoms with Crippen molar-refractivity contribution in [1.82, 2.24) is 0 Å². The van der Waals surface area contributed by atoms with Gasteiger partial charge in [-0.25, -0.2) is 13.2 Å². The summed E-state index contributed by atoms with van der Waals surface area (Å²) >= 11 is 24.5. The van der Waals surface area contributed by atoms with Crippen molar-refractivity contribution in [2.75, 3.05) is 16.0 Å². The number of carbonyl (C=O) groups is 3. The fourth-order valence-corrected chi connectivity index (χ4v) is 5.12. The van der Waals surface area contributed by atoms with Crippen LogP contribution < -0.4 is 16.0 Å². The number of hydrogen-bond acceptors (Lipinski definition) is 3. The first kappa shape index (κ1) is 29.9. The smallest absolute Gasteiger partial charge is 0.315 e. The minimum atomic E-state index is -3.47. The lowest BCUT2D eigenvalue weighted by Gasteiger charge is -2.13. The number of carbonyl (C=O) groups excluding carboxylic acids is 3. The zero-order valence-corrected chi connectivity index (χ0v) is 22.5. The quantitative estimate of drug-likeness (QED) is 0.186. The molecule has 6 nitrogen and oxygen atoms in total. The van der Waals surface area contributed by atoms with Crippen LogP contribution in [0.5, 0.6) is 0 Å². The van der Waals surface area contributed by atoms with Gasteiger partial charge in [0.15, 0.2) is 5.82 Å². The van der Waals surface area contributed by atoms with E-state index in [0.717, 1.165) is 12.1 Å². The lowest BCUT2D eigenvalue weighted by molar-refractivity contribution is -0.126. The Bertz CT molecular complexity index is 1540. The monoisotopic (exact) mass is 639 g/mol. The van der Waals surface area contributed by atoms with Gasteiger partial charge < -0.3 is 16.0 Å². The number of halogens is 9. The Kier molecular flexibility index (Phi) is 8.51. The second-order valence-electron chi connectivity index (χ2n) is 8.52. The summed E-state index contributed by atoms with van der Waals surface area (Å²) < 4.78 is 66.0. The highest BCUT2D eigenvalue weighted by molar-refractivity contribution is 6.53. The molecule has 40 heavy (non-hydrogen) atoms. The molecule has 1 saturated carbocycles. The third-order valence-electron chi connectivity index (χ3n) is 5.90.